The monoisotopic (exact) mass is 516 g/mol. The van der Waals surface area contributed by atoms with E-state index in [-0.39, 0.29) is 18.0 Å². The van der Waals surface area contributed by atoms with Crippen molar-refractivity contribution in [3.05, 3.63) is 111 Å². The number of carbonyl (C=O) groups excluding carboxylic acids is 1. The Hall–Kier alpha value is -3.48. The molecule has 6 nitrogen and oxygen atoms in total. The molecule has 1 heterocycles. The minimum absolute atomic E-state index is 0.132. The van der Waals surface area contributed by atoms with Crippen LogP contribution in [0.15, 0.2) is 83.7 Å². The van der Waals surface area contributed by atoms with Crippen molar-refractivity contribution >= 4 is 28.3 Å². The molecule has 0 spiro atoms. The Balaban J connectivity index is 1.86. The van der Waals surface area contributed by atoms with Gasteiger partial charge >= 0.3 is 0 Å². The number of nitrogens with two attached hydrogens (primary N) is 1. The van der Waals surface area contributed by atoms with Crippen molar-refractivity contribution < 1.29 is 4.79 Å². The second kappa shape index (κ2) is 10.5. The number of carbonyl (C=O) groups is 1. The van der Waals surface area contributed by atoms with Gasteiger partial charge in [0, 0.05) is 27.1 Å². The van der Waals surface area contributed by atoms with Gasteiger partial charge in [-0.3, -0.25) is 9.59 Å². The number of aromatic nitrogens is 2. The van der Waals surface area contributed by atoms with Crippen LogP contribution in [0.25, 0.3) is 10.8 Å². The van der Waals surface area contributed by atoms with Crippen molar-refractivity contribution in [2.75, 3.05) is 0 Å². The van der Waals surface area contributed by atoms with Gasteiger partial charge in [0.25, 0.3) is 11.5 Å². The molecule has 4 aromatic rings. The van der Waals surface area contributed by atoms with Gasteiger partial charge in [0.1, 0.15) is 0 Å². The van der Waals surface area contributed by atoms with Crippen LogP contribution in [-0.2, 0) is 13.1 Å². The van der Waals surface area contributed by atoms with Crippen LogP contribution in [0.4, 0.5) is 0 Å². The molecule has 0 atom stereocenters. The summed E-state index contributed by atoms with van der Waals surface area (Å²) in [4.78, 5) is 29.1. The predicted octanol–water partition coefficient (Wildman–Crippen LogP) is 5.65. The first kappa shape index (κ1) is 26.6. The van der Waals surface area contributed by atoms with E-state index >= 15 is 0 Å². The largest absolute Gasteiger partial charge is 0.327 e. The third-order valence-electron chi connectivity index (χ3n) is 6.37. The molecule has 192 valence electrons. The van der Waals surface area contributed by atoms with Gasteiger partial charge in [0.2, 0.25) is 0 Å². The summed E-state index contributed by atoms with van der Waals surface area (Å²) in [5.41, 5.74) is 7.22. The Labute approximate surface area is 222 Å². The fourth-order valence-electron chi connectivity index (χ4n) is 4.96. The molecule has 0 fully saturated rings. The first-order valence-corrected chi connectivity index (χ1v) is 12.7. The van der Waals surface area contributed by atoms with Crippen LogP contribution < -0.4 is 11.3 Å². The second-order valence-electron chi connectivity index (χ2n) is 10.8. The summed E-state index contributed by atoms with van der Waals surface area (Å²) >= 11 is 6.35. The summed E-state index contributed by atoms with van der Waals surface area (Å²) < 4.78 is 1.46. The Morgan fingerprint density at radius 2 is 1.57 bits per heavy atom. The van der Waals surface area contributed by atoms with Crippen molar-refractivity contribution in [2.24, 2.45) is 5.73 Å². The van der Waals surface area contributed by atoms with Crippen LogP contribution in [0.1, 0.15) is 55.7 Å². The lowest BCUT2D eigenvalue weighted by Crippen LogP contribution is -2.53. The van der Waals surface area contributed by atoms with E-state index in [9.17, 15) is 9.59 Å². The molecule has 0 saturated carbocycles. The van der Waals surface area contributed by atoms with Gasteiger partial charge in [0.15, 0.2) is 0 Å². The highest BCUT2D eigenvalue weighted by Crippen LogP contribution is 2.30. The number of nitrogens with zero attached hydrogens (tertiary/aromatic N) is 3. The van der Waals surface area contributed by atoms with Gasteiger partial charge in [-0.25, -0.2) is 4.68 Å². The number of hydrogen-bond donors (Lipinski definition) is 1. The molecule has 37 heavy (non-hydrogen) atoms. The molecule has 7 heteroatoms. The third kappa shape index (κ3) is 6.27. The average Bonchev–Trinajstić information content (AvgIpc) is 2.84. The van der Waals surface area contributed by atoms with Crippen LogP contribution in [0, 0.1) is 0 Å². The summed E-state index contributed by atoms with van der Waals surface area (Å²) in [6.07, 6.45) is 0.556. The van der Waals surface area contributed by atoms with Gasteiger partial charge in [-0.05, 0) is 70.0 Å². The van der Waals surface area contributed by atoms with E-state index in [0.717, 1.165) is 5.56 Å². The predicted molar refractivity (Wildman–Crippen MR) is 150 cm³/mol. The first-order chi connectivity index (χ1) is 17.4. The summed E-state index contributed by atoms with van der Waals surface area (Å²) in [5.74, 6) is -0.132. The Morgan fingerprint density at radius 1 is 0.946 bits per heavy atom. The Morgan fingerprint density at radius 3 is 2.19 bits per heavy atom. The zero-order valence-corrected chi connectivity index (χ0v) is 22.5. The van der Waals surface area contributed by atoms with Crippen LogP contribution >= 0.6 is 11.6 Å². The molecular weight excluding hydrogens is 484 g/mol. The van der Waals surface area contributed by atoms with Crippen molar-refractivity contribution in [3.63, 3.8) is 0 Å². The number of rotatable bonds is 8. The van der Waals surface area contributed by atoms with Gasteiger partial charge in [-0.2, -0.15) is 5.10 Å². The molecule has 1 amide bonds. The SMILES string of the molecule is CC(C)(N)CC(C)(C)N(Cc1nn(Cc2ccccc2)c(=O)c2ccc(Cl)cc12)C(=O)c1ccccc1. The van der Waals surface area contributed by atoms with E-state index in [1.165, 1.54) is 4.68 Å². The van der Waals surface area contributed by atoms with Crippen molar-refractivity contribution in [3.8, 4) is 0 Å². The summed E-state index contributed by atoms with van der Waals surface area (Å²) in [5, 5.41) is 6.43. The van der Waals surface area contributed by atoms with Crippen molar-refractivity contribution in [1.82, 2.24) is 14.7 Å². The maximum absolute atomic E-state index is 13.9. The lowest BCUT2D eigenvalue weighted by molar-refractivity contribution is 0.0453. The van der Waals surface area contributed by atoms with Crippen LogP contribution in [0.2, 0.25) is 5.02 Å². The zero-order chi connectivity index (χ0) is 26.8. The highest BCUT2D eigenvalue weighted by Gasteiger charge is 2.36. The van der Waals surface area contributed by atoms with Crippen LogP contribution in [-0.4, -0.2) is 31.7 Å². The quantitative estimate of drug-likeness (QED) is 0.328. The number of halogens is 1. The highest BCUT2D eigenvalue weighted by atomic mass is 35.5. The van der Waals surface area contributed by atoms with E-state index < -0.39 is 11.1 Å². The minimum Gasteiger partial charge on any atom is -0.327 e. The number of fused-ring (bicyclic) bond motifs is 1. The van der Waals surface area contributed by atoms with E-state index in [1.54, 1.807) is 35.2 Å². The topological polar surface area (TPSA) is 81.2 Å². The number of hydrogen-bond acceptors (Lipinski definition) is 4. The average molecular weight is 517 g/mol. The van der Waals surface area contributed by atoms with E-state index in [4.69, 9.17) is 22.4 Å². The number of amides is 1. The van der Waals surface area contributed by atoms with Crippen LogP contribution in [0.3, 0.4) is 0 Å². The van der Waals surface area contributed by atoms with Crippen molar-refractivity contribution in [2.45, 2.75) is 58.3 Å². The maximum atomic E-state index is 13.9. The number of benzene rings is 3. The van der Waals surface area contributed by atoms with Gasteiger partial charge < -0.3 is 10.6 Å². The standard InChI is InChI=1S/C30H33ClN4O2/c1-29(2,32)20-30(3,4)34(27(36)22-13-9-6-10-14-22)19-26-25-17-23(31)15-16-24(25)28(37)35(33-26)18-21-11-7-5-8-12-21/h5-17H,18-20,32H2,1-4H3. The molecular formula is C30H33ClN4O2. The molecule has 0 bridgehead atoms. The molecule has 0 aliphatic heterocycles. The fourth-order valence-corrected chi connectivity index (χ4v) is 5.14. The lowest BCUT2D eigenvalue weighted by atomic mass is 9.85. The molecule has 3 aromatic carbocycles. The normalized spacial score (nSPS) is 12.1. The molecule has 0 saturated heterocycles. The lowest BCUT2D eigenvalue weighted by Gasteiger charge is -2.42. The smallest absolute Gasteiger partial charge is 0.274 e. The maximum Gasteiger partial charge on any atom is 0.274 e. The summed E-state index contributed by atoms with van der Waals surface area (Å²) in [6, 6.07) is 24.1. The van der Waals surface area contributed by atoms with Gasteiger partial charge in [-0.1, -0.05) is 60.1 Å². The van der Waals surface area contributed by atoms with Crippen molar-refractivity contribution in [1.29, 1.82) is 0 Å². The van der Waals surface area contributed by atoms with Gasteiger partial charge in [-0.15, -0.1) is 0 Å². The first-order valence-electron chi connectivity index (χ1n) is 12.3. The molecule has 4 rings (SSSR count). The Kier molecular flexibility index (Phi) is 7.53. The minimum atomic E-state index is -0.613. The van der Waals surface area contributed by atoms with E-state index in [1.807, 2.05) is 76.2 Å². The summed E-state index contributed by atoms with van der Waals surface area (Å²) in [6.45, 7) is 8.43. The van der Waals surface area contributed by atoms with E-state index in [2.05, 4.69) is 0 Å². The molecule has 0 aliphatic rings. The molecule has 1 aromatic heterocycles. The van der Waals surface area contributed by atoms with Crippen LogP contribution in [0.5, 0.6) is 0 Å². The third-order valence-corrected chi connectivity index (χ3v) is 6.60. The molecule has 2 N–H and O–H groups in total. The second-order valence-corrected chi connectivity index (χ2v) is 11.3. The Bertz CT molecular complexity index is 1460. The molecule has 0 unspecified atom stereocenters. The summed E-state index contributed by atoms with van der Waals surface area (Å²) in [7, 11) is 0. The van der Waals surface area contributed by atoms with E-state index in [0.29, 0.717) is 40.0 Å². The zero-order valence-electron chi connectivity index (χ0n) is 21.7. The fraction of sp³-hybridized carbons (Fsp3) is 0.300. The highest BCUT2D eigenvalue weighted by molar-refractivity contribution is 6.31. The van der Waals surface area contributed by atoms with Gasteiger partial charge in [0.05, 0.1) is 24.2 Å². The molecule has 0 aliphatic carbocycles. The molecule has 0 radical (unpaired) electrons.